The van der Waals surface area contributed by atoms with Crippen LogP contribution in [0.4, 0.5) is 0 Å². The quantitative estimate of drug-likeness (QED) is 0.552. The topological polar surface area (TPSA) is 9.23 Å². The van der Waals surface area contributed by atoms with Crippen molar-refractivity contribution in [2.24, 2.45) is 0 Å². The monoisotopic (exact) mass is 208 g/mol. The normalized spacial score (nSPS) is 9.93. The molecular weight excluding hydrogens is 192 g/mol. The van der Waals surface area contributed by atoms with Crippen LogP contribution in [-0.2, 0) is 0 Å². The van der Waals surface area contributed by atoms with Gasteiger partial charge in [0.1, 0.15) is 5.75 Å². The number of rotatable bonds is 4. The first-order chi connectivity index (χ1) is 6.69. The molecule has 1 aromatic carbocycles. The Hall–Kier alpha value is -0.890. The first-order valence-corrected chi connectivity index (χ1v) is 5.56. The average molecular weight is 208 g/mol. The zero-order chi connectivity index (χ0) is 10.6. The average Bonchev–Trinajstić information content (AvgIpc) is 2.14. The first-order valence-electron chi connectivity index (χ1n) is 4.58. The highest BCUT2D eigenvalue weighted by atomic mass is 32.2. The summed E-state index contributed by atoms with van der Waals surface area (Å²) >= 11 is 1.79. The highest BCUT2D eigenvalue weighted by molar-refractivity contribution is 7.99. The predicted octanol–water partition coefficient (Wildman–Crippen LogP) is 3.59. The summed E-state index contributed by atoms with van der Waals surface area (Å²) in [5.74, 6) is 1.94. The maximum Gasteiger partial charge on any atom is 0.124 e. The second-order valence-electron chi connectivity index (χ2n) is 3.19. The second-order valence-corrected chi connectivity index (χ2v) is 4.28. The summed E-state index contributed by atoms with van der Waals surface area (Å²) in [7, 11) is 1.71. The Labute approximate surface area is 90.2 Å². The third-order valence-electron chi connectivity index (χ3n) is 2.01. The Morgan fingerprint density at radius 2 is 1.93 bits per heavy atom. The molecule has 0 bridgehead atoms. The minimum absolute atomic E-state index is 0.950. The predicted molar refractivity (Wildman–Crippen MR) is 63.4 cm³/mol. The van der Waals surface area contributed by atoms with Crippen molar-refractivity contribution in [2.45, 2.75) is 18.7 Å². The van der Waals surface area contributed by atoms with Gasteiger partial charge in [-0.1, -0.05) is 6.08 Å². The van der Waals surface area contributed by atoms with Gasteiger partial charge in [-0.05, 0) is 37.1 Å². The number of aryl methyl sites for hydroxylation is 2. The molecule has 0 aliphatic rings. The largest absolute Gasteiger partial charge is 0.496 e. The van der Waals surface area contributed by atoms with Gasteiger partial charge in [0.25, 0.3) is 0 Å². The Morgan fingerprint density at radius 3 is 2.36 bits per heavy atom. The van der Waals surface area contributed by atoms with E-state index < -0.39 is 0 Å². The third kappa shape index (κ3) is 2.55. The molecule has 0 spiro atoms. The van der Waals surface area contributed by atoms with Gasteiger partial charge >= 0.3 is 0 Å². The Balaban J connectivity index is 2.95. The lowest BCUT2D eigenvalue weighted by molar-refractivity contribution is 0.408. The lowest BCUT2D eigenvalue weighted by Crippen LogP contribution is -1.91. The maximum absolute atomic E-state index is 5.31. The van der Waals surface area contributed by atoms with Gasteiger partial charge in [0.05, 0.1) is 7.11 Å². The molecule has 0 aliphatic carbocycles. The zero-order valence-corrected chi connectivity index (χ0v) is 9.78. The molecular formula is C12H16OS. The molecule has 0 atom stereocenters. The van der Waals surface area contributed by atoms with Crippen molar-refractivity contribution in [3.8, 4) is 5.75 Å². The SMILES string of the molecule is C=CCSc1cc(C)c(OC)c(C)c1. The van der Waals surface area contributed by atoms with Crippen LogP contribution in [0.15, 0.2) is 29.7 Å². The molecule has 76 valence electrons. The fourth-order valence-electron chi connectivity index (χ4n) is 1.47. The molecule has 2 heteroatoms. The van der Waals surface area contributed by atoms with E-state index in [1.54, 1.807) is 18.9 Å². The molecule has 0 heterocycles. The molecule has 0 fully saturated rings. The van der Waals surface area contributed by atoms with Gasteiger partial charge in [-0.25, -0.2) is 0 Å². The molecule has 0 unspecified atom stereocenters. The molecule has 0 N–H and O–H groups in total. The Kier molecular flexibility index (Phi) is 4.08. The van der Waals surface area contributed by atoms with E-state index >= 15 is 0 Å². The summed E-state index contributed by atoms with van der Waals surface area (Å²) in [5, 5.41) is 0. The standard InChI is InChI=1S/C12H16OS/c1-5-6-14-11-7-9(2)12(13-4)10(3)8-11/h5,7-8H,1,6H2,2-4H3. The van der Waals surface area contributed by atoms with Crippen LogP contribution in [0.3, 0.4) is 0 Å². The molecule has 0 aromatic heterocycles. The van der Waals surface area contributed by atoms with Crippen LogP contribution in [0.5, 0.6) is 5.75 Å². The molecule has 0 aliphatic heterocycles. The molecule has 0 saturated heterocycles. The van der Waals surface area contributed by atoms with Crippen molar-refractivity contribution in [2.75, 3.05) is 12.9 Å². The van der Waals surface area contributed by atoms with Crippen LogP contribution in [0, 0.1) is 13.8 Å². The van der Waals surface area contributed by atoms with E-state index in [2.05, 4.69) is 32.6 Å². The Morgan fingerprint density at radius 1 is 1.36 bits per heavy atom. The van der Waals surface area contributed by atoms with Crippen LogP contribution in [-0.4, -0.2) is 12.9 Å². The van der Waals surface area contributed by atoms with Gasteiger partial charge in [-0.15, -0.1) is 18.3 Å². The van der Waals surface area contributed by atoms with E-state index in [1.165, 1.54) is 16.0 Å². The molecule has 1 nitrogen and oxygen atoms in total. The molecule has 1 aromatic rings. The maximum atomic E-state index is 5.31. The smallest absolute Gasteiger partial charge is 0.124 e. The van der Waals surface area contributed by atoms with Gasteiger partial charge in [0.2, 0.25) is 0 Å². The molecule has 0 amide bonds. The van der Waals surface area contributed by atoms with Crippen LogP contribution in [0.2, 0.25) is 0 Å². The number of thioether (sulfide) groups is 1. The summed E-state index contributed by atoms with van der Waals surface area (Å²) in [4.78, 5) is 1.28. The lowest BCUT2D eigenvalue weighted by atomic mass is 10.1. The number of ether oxygens (including phenoxy) is 1. The second kappa shape index (κ2) is 5.11. The lowest BCUT2D eigenvalue weighted by Gasteiger charge is -2.10. The molecule has 0 radical (unpaired) electrons. The van der Waals surface area contributed by atoms with Crippen molar-refractivity contribution < 1.29 is 4.74 Å². The van der Waals surface area contributed by atoms with E-state index in [4.69, 9.17) is 4.74 Å². The molecule has 1 rings (SSSR count). The van der Waals surface area contributed by atoms with E-state index in [0.29, 0.717) is 0 Å². The minimum atomic E-state index is 0.950. The fourth-order valence-corrected chi connectivity index (χ4v) is 2.30. The fraction of sp³-hybridized carbons (Fsp3) is 0.333. The Bertz CT molecular complexity index is 308. The molecule has 14 heavy (non-hydrogen) atoms. The van der Waals surface area contributed by atoms with Crippen molar-refractivity contribution >= 4 is 11.8 Å². The molecule has 0 saturated carbocycles. The van der Waals surface area contributed by atoms with Gasteiger partial charge in [-0.3, -0.25) is 0 Å². The highest BCUT2D eigenvalue weighted by Gasteiger charge is 2.04. The summed E-state index contributed by atoms with van der Waals surface area (Å²) in [5.41, 5.74) is 2.39. The number of hydrogen-bond acceptors (Lipinski definition) is 2. The van der Waals surface area contributed by atoms with Crippen molar-refractivity contribution in [3.63, 3.8) is 0 Å². The van der Waals surface area contributed by atoms with Crippen molar-refractivity contribution in [1.82, 2.24) is 0 Å². The van der Waals surface area contributed by atoms with Crippen molar-refractivity contribution in [3.05, 3.63) is 35.9 Å². The van der Waals surface area contributed by atoms with Gasteiger partial charge in [0.15, 0.2) is 0 Å². The van der Waals surface area contributed by atoms with Crippen LogP contribution in [0.25, 0.3) is 0 Å². The summed E-state index contributed by atoms with van der Waals surface area (Å²) < 4.78 is 5.31. The van der Waals surface area contributed by atoms with E-state index in [1.807, 2.05) is 6.08 Å². The van der Waals surface area contributed by atoms with E-state index in [9.17, 15) is 0 Å². The van der Waals surface area contributed by atoms with E-state index in [0.717, 1.165) is 11.5 Å². The van der Waals surface area contributed by atoms with Crippen molar-refractivity contribution in [1.29, 1.82) is 0 Å². The van der Waals surface area contributed by atoms with E-state index in [-0.39, 0.29) is 0 Å². The van der Waals surface area contributed by atoms with Gasteiger partial charge in [-0.2, -0.15) is 0 Å². The summed E-state index contributed by atoms with van der Waals surface area (Å²) in [6.07, 6.45) is 1.92. The highest BCUT2D eigenvalue weighted by Crippen LogP contribution is 2.29. The minimum Gasteiger partial charge on any atom is -0.496 e. The summed E-state index contributed by atoms with van der Waals surface area (Å²) in [6.45, 7) is 7.86. The first kappa shape index (κ1) is 11.2. The van der Waals surface area contributed by atoms with Crippen LogP contribution < -0.4 is 4.74 Å². The van der Waals surface area contributed by atoms with Gasteiger partial charge < -0.3 is 4.74 Å². The summed E-state index contributed by atoms with van der Waals surface area (Å²) in [6, 6.07) is 4.31. The number of methoxy groups -OCH3 is 1. The number of benzene rings is 1. The van der Waals surface area contributed by atoms with Crippen LogP contribution in [0.1, 0.15) is 11.1 Å². The van der Waals surface area contributed by atoms with Gasteiger partial charge in [0, 0.05) is 10.6 Å². The third-order valence-corrected chi connectivity index (χ3v) is 2.98. The van der Waals surface area contributed by atoms with Crippen LogP contribution >= 0.6 is 11.8 Å². The zero-order valence-electron chi connectivity index (χ0n) is 8.96. The number of hydrogen-bond donors (Lipinski definition) is 0.